The van der Waals surface area contributed by atoms with Crippen molar-refractivity contribution in [3.05, 3.63) is 53.6 Å². The topological polar surface area (TPSA) is 49.0 Å². The van der Waals surface area contributed by atoms with E-state index in [2.05, 4.69) is 33.9 Å². The molecule has 1 aromatic heterocycles. The van der Waals surface area contributed by atoms with E-state index >= 15 is 0 Å². The SMILES string of the molecule is Cc1[nH]cnc1CN1CCC[C@@H](C(=O)CCc2ccccc2)C1. The number of benzene rings is 1. The van der Waals surface area contributed by atoms with E-state index in [9.17, 15) is 4.79 Å². The third-order valence-electron chi connectivity index (χ3n) is 4.77. The summed E-state index contributed by atoms with van der Waals surface area (Å²) in [5.74, 6) is 0.601. The van der Waals surface area contributed by atoms with Crippen molar-refractivity contribution in [3.8, 4) is 0 Å². The number of aryl methyl sites for hydroxylation is 2. The molecule has 4 heteroatoms. The van der Waals surface area contributed by atoms with Crippen molar-refractivity contribution in [2.45, 2.75) is 39.2 Å². The molecule has 0 bridgehead atoms. The molecule has 1 aliphatic heterocycles. The number of hydrogen-bond donors (Lipinski definition) is 1. The number of nitrogens with zero attached hydrogens (tertiary/aromatic N) is 2. The largest absolute Gasteiger partial charge is 0.348 e. The molecule has 3 rings (SSSR count). The molecule has 2 heterocycles. The van der Waals surface area contributed by atoms with Crippen LogP contribution in [0.25, 0.3) is 0 Å². The number of carbonyl (C=O) groups excluding carboxylic acids is 1. The summed E-state index contributed by atoms with van der Waals surface area (Å²) in [5, 5.41) is 0. The molecule has 4 nitrogen and oxygen atoms in total. The maximum atomic E-state index is 12.5. The molecule has 1 N–H and O–H groups in total. The van der Waals surface area contributed by atoms with Crippen molar-refractivity contribution in [2.75, 3.05) is 13.1 Å². The highest BCUT2D eigenvalue weighted by Gasteiger charge is 2.25. The zero-order chi connectivity index (χ0) is 16.1. The normalized spacial score (nSPS) is 18.9. The number of piperidine rings is 1. The first kappa shape index (κ1) is 15.9. The van der Waals surface area contributed by atoms with Crippen molar-refractivity contribution < 1.29 is 4.79 Å². The lowest BCUT2D eigenvalue weighted by atomic mass is 9.90. The summed E-state index contributed by atoms with van der Waals surface area (Å²) in [4.78, 5) is 22.4. The second-order valence-electron chi connectivity index (χ2n) is 6.50. The minimum Gasteiger partial charge on any atom is -0.348 e. The van der Waals surface area contributed by atoms with Crippen LogP contribution in [-0.4, -0.2) is 33.7 Å². The van der Waals surface area contributed by atoms with Gasteiger partial charge in [-0.25, -0.2) is 4.98 Å². The number of likely N-dealkylation sites (tertiary alicyclic amines) is 1. The molecule has 0 amide bonds. The third kappa shape index (κ3) is 4.29. The highest BCUT2D eigenvalue weighted by atomic mass is 16.1. The molecule has 1 fully saturated rings. The summed E-state index contributed by atoms with van der Waals surface area (Å²) < 4.78 is 0. The fourth-order valence-corrected chi connectivity index (χ4v) is 3.34. The Morgan fingerprint density at radius 2 is 2.17 bits per heavy atom. The number of ketones is 1. The summed E-state index contributed by atoms with van der Waals surface area (Å²) in [5.41, 5.74) is 3.48. The fourth-order valence-electron chi connectivity index (χ4n) is 3.34. The van der Waals surface area contributed by atoms with Crippen molar-refractivity contribution in [1.29, 1.82) is 0 Å². The van der Waals surface area contributed by atoms with E-state index < -0.39 is 0 Å². The van der Waals surface area contributed by atoms with Gasteiger partial charge in [-0.05, 0) is 38.3 Å². The number of H-pyrrole nitrogens is 1. The second kappa shape index (κ2) is 7.55. The smallest absolute Gasteiger partial charge is 0.137 e. The number of Topliss-reactive ketones (excluding diaryl/α,β-unsaturated/α-hetero) is 1. The molecule has 1 saturated heterocycles. The minimum atomic E-state index is 0.187. The maximum absolute atomic E-state index is 12.5. The van der Waals surface area contributed by atoms with E-state index in [4.69, 9.17) is 0 Å². The van der Waals surface area contributed by atoms with E-state index in [1.165, 1.54) is 5.56 Å². The summed E-state index contributed by atoms with van der Waals surface area (Å²) in [7, 11) is 0. The highest BCUT2D eigenvalue weighted by Crippen LogP contribution is 2.21. The van der Waals surface area contributed by atoms with Gasteiger partial charge in [-0.1, -0.05) is 30.3 Å². The van der Waals surface area contributed by atoms with Crippen LogP contribution in [0, 0.1) is 12.8 Å². The molecule has 0 unspecified atom stereocenters. The summed E-state index contributed by atoms with van der Waals surface area (Å²) in [6.07, 6.45) is 5.39. The monoisotopic (exact) mass is 311 g/mol. The van der Waals surface area contributed by atoms with Gasteiger partial charge in [0.2, 0.25) is 0 Å². The standard InChI is InChI=1S/C19H25N3O/c1-15-18(21-14-20-15)13-22-11-5-8-17(12-22)19(23)10-9-16-6-3-2-4-7-16/h2-4,6-7,14,17H,5,8-13H2,1H3,(H,20,21)/t17-/m1/s1. The van der Waals surface area contributed by atoms with Crippen LogP contribution in [0.3, 0.4) is 0 Å². The Morgan fingerprint density at radius 3 is 2.91 bits per heavy atom. The molecule has 0 saturated carbocycles. The quantitative estimate of drug-likeness (QED) is 0.891. The first-order valence-corrected chi connectivity index (χ1v) is 8.50. The van der Waals surface area contributed by atoms with Crippen molar-refractivity contribution in [3.63, 3.8) is 0 Å². The first-order chi connectivity index (χ1) is 11.2. The van der Waals surface area contributed by atoms with Crippen molar-refractivity contribution in [1.82, 2.24) is 14.9 Å². The summed E-state index contributed by atoms with van der Waals surface area (Å²) in [6, 6.07) is 10.3. The number of aromatic nitrogens is 2. The molecule has 2 aromatic rings. The molecule has 1 aliphatic rings. The molecule has 1 atom stereocenters. The van der Waals surface area contributed by atoms with E-state index in [0.717, 1.165) is 50.3 Å². The predicted molar refractivity (Wildman–Crippen MR) is 91.1 cm³/mol. The van der Waals surface area contributed by atoms with Crippen LogP contribution in [0.1, 0.15) is 36.2 Å². The Labute approximate surface area is 137 Å². The molecule has 0 spiro atoms. The lowest BCUT2D eigenvalue weighted by molar-refractivity contribution is -0.124. The van der Waals surface area contributed by atoms with Gasteiger partial charge in [0.1, 0.15) is 5.78 Å². The minimum absolute atomic E-state index is 0.187. The van der Waals surface area contributed by atoms with E-state index in [1.807, 2.05) is 18.2 Å². The van der Waals surface area contributed by atoms with Crippen LogP contribution in [0.2, 0.25) is 0 Å². The molecular weight excluding hydrogens is 286 g/mol. The van der Waals surface area contributed by atoms with Crippen molar-refractivity contribution in [2.24, 2.45) is 5.92 Å². The molecule has 1 aromatic carbocycles. The molecule has 0 radical (unpaired) electrons. The number of rotatable bonds is 6. The Hall–Kier alpha value is -1.94. The average molecular weight is 311 g/mol. The zero-order valence-electron chi connectivity index (χ0n) is 13.8. The lowest BCUT2D eigenvalue weighted by Crippen LogP contribution is -2.38. The van der Waals surface area contributed by atoms with Gasteiger partial charge in [0, 0.05) is 31.1 Å². The molecule has 23 heavy (non-hydrogen) atoms. The van der Waals surface area contributed by atoms with Crippen LogP contribution in [-0.2, 0) is 17.8 Å². The average Bonchev–Trinajstić information content (AvgIpc) is 2.99. The summed E-state index contributed by atoms with van der Waals surface area (Å²) >= 11 is 0. The van der Waals surface area contributed by atoms with E-state index in [-0.39, 0.29) is 5.92 Å². The van der Waals surface area contributed by atoms with Crippen molar-refractivity contribution >= 4 is 5.78 Å². The third-order valence-corrected chi connectivity index (χ3v) is 4.77. The van der Waals surface area contributed by atoms with Crippen LogP contribution >= 0.6 is 0 Å². The van der Waals surface area contributed by atoms with E-state index in [0.29, 0.717) is 12.2 Å². The Morgan fingerprint density at radius 1 is 1.35 bits per heavy atom. The number of carbonyl (C=O) groups is 1. The fraction of sp³-hybridized carbons (Fsp3) is 0.474. The van der Waals surface area contributed by atoms with Gasteiger partial charge in [-0.3, -0.25) is 9.69 Å². The number of aromatic amines is 1. The van der Waals surface area contributed by atoms with Gasteiger partial charge in [0.05, 0.1) is 12.0 Å². The Bertz CT molecular complexity index is 635. The summed E-state index contributed by atoms with van der Waals surface area (Å²) in [6.45, 7) is 4.83. The van der Waals surface area contributed by atoms with Gasteiger partial charge in [0.25, 0.3) is 0 Å². The number of hydrogen-bond acceptors (Lipinski definition) is 3. The van der Waals surface area contributed by atoms with Gasteiger partial charge in [-0.15, -0.1) is 0 Å². The zero-order valence-corrected chi connectivity index (χ0v) is 13.8. The van der Waals surface area contributed by atoms with Gasteiger partial charge >= 0.3 is 0 Å². The van der Waals surface area contributed by atoms with Gasteiger partial charge in [-0.2, -0.15) is 0 Å². The predicted octanol–water partition coefficient (Wildman–Crippen LogP) is 3.13. The van der Waals surface area contributed by atoms with Crippen LogP contribution in [0.15, 0.2) is 36.7 Å². The van der Waals surface area contributed by atoms with Crippen LogP contribution < -0.4 is 0 Å². The van der Waals surface area contributed by atoms with Gasteiger partial charge < -0.3 is 4.98 Å². The Balaban J connectivity index is 1.51. The molecular formula is C19H25N3O. The number of imidazole rings is 1. The van der Waals surface area contributed by atoms with Gasteiger partial charge in [0.15, 0.2) is 0 Å². The lowest BCUT2D eigenvalue weighted by Gasteiger charge is -2.31. The second-order valence-corrected chi connectivity index (χ2v) is 6.50. The molecule has 122 valence electrons. The van der Waals surface area contributed by atoms with E-state index in [1.54, 1.807) is 6.33 Å². The highest BCUT2D eigenvalue weighted by molar-refractivity contribution is 5.81. The molecule has 0 aliphatic carbocycles. The number of nitrogens with one attached hydrogen (secondary N) is 1. The maximum Gasteiger partial charge on any atom is 0.137 e. The van der Waals surface area contributed by atoms with Crippen LogP contribution in [0.4, 0.5) is 0 Å². The Kier molecular flexibility index (Phi) is 5.23. The van der Waals surface area contributed by atoms with Crippen LogP contribution in [0.5, 0.6) is 0 Å². The first-order valence-electron chi connectivity index (χ1n) is 8.50.